The summed E-state index contributed by atoms with van der Waals surface area (Å²) >= 11 is 2.07. The second-order valence-corrected chi connectivity index (χ2v) is 9.26. The molecule has 3 atom stereocenters. The average Bonchev–Trinajstić information content (AvgIpc) is 3.12. The summed E-state index contributed by atoms with van der Waals surface area (Å²) in [5, 5.41) is 6.99. The number of nitrogens with one attached hydrogen (secondary N) is 2. The van der Waals surface area contributed by atoms with Gasteiger partial charge in [0.1, 0.15) is 0 Å². The van der Waals surface area contributed by atoms with Crippen LogP contribution in [-0.4, -0.2) is 42.7 Å². The van der Waals surface area contributed by atoms with E-state index >= 15 is 0 Å². The number of guanidine groups is 1. The minimum atomic E-state index is 0.184. The van der Waals surface area contributed by atoms with Gasteiger partial charge in [-0.3, -0.25) is 4.99 Å². The first-order chi connectivity index (χ1) is 12.7. The first kappa shape index (κ1) is 19.6. The van der Waals surface area contributed by atoms with Crippen molar-refractivity contribution in [2.75, 3.05) is 32.0 Å². The third-order valence-electron chi connectivity index (χ3n) is 5.32. The van der Waals surface area contributed by atoms with Crippen LogP contribution in [-0.2, 0) is 4.74 Å². The summed E-state index contributed by atoms with van der Waals surface area (Å²) in [6.07, 6.45) is 5.10. The summed E-state index contributed by atoms with van der Waals surface area (Å²) in [7, 11) is 0. The van der Waals surface area contributed by atoms with E-state index in [4.69, 9.17) is 9.73 Å². The summed E-state index contributed by atoms with van der Waals surface area (Å²) < 4.78 is 6.43. The summed E-state index contributed by atoms with van der Waals surface area (Å²) in [5.74, 6) is 2.69. The van der Waals surface area contributed by atoms with E-state index in [-0.39, 0.29) is 6.10 Å². The van der Waals surface area contributed by atoms with Crippen molar-refractivity contribution in [1.29, 1.82) is 0 Å². The normalized spacial score (nSPS) is 29.5. The van der Waals surface area contributed by atoms with E-state index in [1.165, 1.54) is 30.6 Å². The molecule has 144 valence electrons. The fraction of sp³-hybridized carbons (Fsp3) is 0.667. The molecular weight excluding hydrogens is 342 g/mol. The lowest BCUT2D eigenvalue weighted by atomic mass is 9.89. The maximum atomic E-state index is 6.12. The lowest BCUT2D eigenvalue weighted by Gasteiger charge is -2.32. The fourth-order valence-electron chi connectivity index (χ4n) is 3.84. The third kappa shape index (κ3) is 5.40. The topological polar surface area (TPSA) is 45.7 Å². The molecule has 3 rings (SSSR count). The first-order valence-corrected chi connectivity index (χ1v) is 11.0. The first-order valence-electron chi connectivity index (χ1n) is 10.0. The number of hydrogen-bond acceptors (Lipinski definition) is 3. The van der Waals surface area contributed by atoms with Gasteiger partial charge in [-0.15, -0.1) is 0 Å². The molecule has 2 aliphatic heterocycles. The molecule has 2 fully saturated rings. The van der Waals surface area contributed by atoms with Crippen molar-refractivity contribution in [3.05, 3.63) is 35.9 Å². The molecule has 2 saturated heterocycles. The molecule has 0 amide bonds. The van der Waals surface area contributed by atoms with Crippen LogP contribution in [0.25, 0.3) is 0 Å². The van der Waals surface area contributed by atoms with Gasteiger partial charge in [0.25, 0.3) is 0 Å². The fourth-order valence-corrected chi connectivity index (χ4v) is 5.07. The van der Waals surface area contributed by atoms with Crippen molar-refractivity contribution in [3.63, 3.8) is 0 Å². The lowest BCUT2D eigenvalue weighted by molar-refractivity contribution is -0.0265. The van der Waals surface area contributed by atoms with Gasteiger partial charge in [0, 0.05) is 30.4 Å². The number of rotatable bonds is 6. The molecule has 26 heavy (non-hydrogen) atoms. The molecule has 2 heterocycles. The molecule has 0 aromatic heterocycles. The Bertz CT molecular complexity index is 572. The molecule has 0 aliphatic carbocycles. The maximum absolute atomic E-state index is 6.12. The third-order valence-corrected chi connectivity index (χ3v) is 6.84. The number of nitrogens with zero attached hydrogens (tertiary/aromatic N) is 1. The molecule has 0 spiro atoms. The molecular formula is C21H33N3OS. The Hall–Kier alpha value is -1.20. The Morgan fingerprint density at radius 3 is 2.85 bits per heavy atom. The minimum Gasteiger partial charge on any atom is -0.373 e. The van der Waals surface area contributed by atoms with Gasteiger partial charge in [-0.2, -0.15) is 11.8 Å². The molecule has 3 unspecified atom stereocenters. The summed E-state index contributed by atoms with van der Waals surface area (Å²) in [6.45, 7) is 8.00. The highest BCUT2D eigenvalue weighted by Crippen LogP contribution is 2.37. The van der Waals surface area contributed by atoms with Crippen molar-refractivity contribution in [2.24, 2.45) is 10.9 Å². The SMILES string of the molecule is CCNC(=NCC1(C)CCCS1)NCC1CCCOC1c1ccccc1. The Balaban J connectivity index is 1.59. The van der Waals surface area contributed by atoms with Gasteiger partial charge in [-0.1, -0.05) is 30.3 Å². The van der Waals surface area contributed by atoms with Crippen molar-refractivity contribution in [1.82, 2.24) is 10.6 Å². The van der Waals surface area contributed by atoms with E-state index in [0.717, 1.165) is 38.6 Å². The van der Waals surface area contributed by atoms with Crippen LogP contribution in [0.3, 0.4) is 0 Å². The largest absolute Gasteiger partial charge is 0.373 e. The van der Waals surface area contributed by atoms with E-state index in [9.17, 15) is 0 Å². The van der Waals surface area contributed by atoms with E-state index in [1.54, 1.807) is 0 Å². The zero-order valence-corrected chi connectivity index (χ0v) is 17.0. The molecule has 0 saturated carbocycles. The van der Waals surface area contributed by atoms with Crippen LogP contribution in [0.15, 0.2) is 35.3 Å². The van der Waals surface area contributed by atoms with E-state index < -0.39 is 0 Å². The molecule has 5 heteroatoms. The Kier molecular flexibility index (Phi) is 7.26. The van der Waals surface area contributed by atoms with Crippen LogP contribution in [0.5, 0.6) is 0 Å². The standard InChI is InChI=1S/C21H33N3OS/c1-3-22-20(24-16-21(2)12-8-14-26-21)23-15-18-11-7-13-25-19(18)17-9-5-4-6-10-17/h4-6,9-10,18-19H,3,7-8,11-16H2,1-2H3,(H2,22,23,24). The Morgan fingerprint density at radius 1 is 1.27 bits per heavy atom. The van der Waals surface area contributed by atoms with Crippen LogP contribution in [0.4, 0.5) is 0 Å². The molecule has 2 N–H and O–H groups in total. The summed E-state index contributed by atoms with van der Waals surface area (Å²) in [6, 6.07) is 10.6. The summed E-state index contributed by atoms with van der Waals surface area (Å²) in [4.78, 5) is 4.88. The number of benzene rings is 1. The molecule has 4 nitrogen and oxygen atoms in total. The van der Waals surface area contributed by atoms with Crippen LogP contribution >= 0.6 is 11.8 Å². The van der Waals surface area contributed by atoms with Crippen molar-refractivity contribution in [2.45, 2.75) is 50.4 Å². The average molecular weight is 376 g/mol. The van der Waals surface area contributed by atoms with Gasteiger partial charge in [0.05, 0.1) is 12.6 Å². The van der Waals surface area contributed by atoms with Gasteiger partial charge in [-0.25, -0.2) is 0 Å². The second kappa shape index (κ2) is 9.65. The maximum Gasteiger partial charge on any atom is 0.191 e. The van der Waals surface area contributed by atoms with Crippen LogP contribution < -0.4 is 10.6 Å². The number of aliphatic imine (C=N–C) groups is 1. The Morgan fingerprint density at radius 2 is 2.12 bits per heavy atom. The van der Waals surface area contributed by atoms with E-state index in [0.29, 0.717) is 10.7 Å². The highest BCUT2D eigenvalue weighted by atomic mass is 32.2. The van der Waals surface area contributed by atoms with Crippen LogP contribution in [0.1, 0.15) is 51.2 Å². The van der Waals surface area contributed by atoms with Crippen molar-refractivity contribution in [3.8, 4) is 0 Å². The minimum absolute atomic E-state index is 0.184. The predicted octanol–water partition coefficient (Wildman–Crippen LogP) is 4.00. The molecule has 0 radical (unpaired) electrons. The zero-order valence-electron chi connectivity index (χ0n) is 16.2. The zero-order chi connectivity index (χ0) is 18.2. The van der Waals surface area contributed by atoms with Crippen molar-refractivity contribution >= 4 is 17.7 Å². The molecule has 2 aliphatic rings. The monoisotopic (exact) mass is 375 g/mol. The quantitative estimate of drug-likeness (QED) is 0.583. The van der Waals surface area contributed by atoms with Crippen LogP contribution in [0.2, 0.25) is 0 Å². The van der Waals surface area contributed by atoms with Crippen molar-refractivity contribution < 1.29 is 4.74 Å². The van der Waals surface area contributed by atoms with Gasteiger partial charge in [0.15, 0.2) is 5.96 Å². The highest BCUT2D eigenvalue weighted by molar-refractivity contribution is 8.00. The van der Waals surface area contributed by atoms with Gasteiger partial charge in [0.2, 0.25) is 0 Å². The number of thioether (sulfide) groups is 1. The van der Waals surface area contributed by atoms with Gasteiger partial charge < -0.3 is 15.4 Å². The smallest absolute Gasteiger partial charge is 0.191 e. The molecule has 0 bridgehead atoms. The number of ether oxygens (including phenoxy) is 1. The van der Waals surface area contributed by atoms with E-state index in [1.807, 2.05) is 0 Å². The summed E-state index contributed by atoms with van der Waals surface area (Å²) in [5.41, 5.74) is 1.29. The molecule has 1 aromatic carbocycles. The van der Waals surface area contributed by atoms with Gasteiger partial charge >= 0.3 is 0 Å². The van der Waals surface area contributed by atoms with E-state index in [2.05, 4.69) is 66.6 Å². The molecule has 1 aromatic rings. The second-order valence-electron chi connectivity index (χ2n) is 7.58. The highest BCUT2D eigenvalue weighted by Gasteiger charge is 2.30. The lowest BCUT2D eigenvalue weighted by Crippen LogP contribution is -2.42. The Labute approximate surface area is 162 Å². The number of hydrogen-bond donors (Lipinski definition) is 2. The van der Waals surface area contributed by atoms with Gasteiger partial charge in [-0.05, 0) is 50.8 Å². The van der Waals surface area contributed by atoms with Crippen LogP contribution in [0, 0.1) is 5.92 Å². The predicted molar refractivity (Wildman–Crippen MR) is 112 cm³/mol.